The van der Waals surface area contributed by atoms with Crippen LogP contribution >= 0.6 is 35.0 Å². The Labute approximate surface area is 111 Å². The molecule has 0 aliphatic rings. The molecule has 90 valence electrons. The van der Waals surface area contributed by atoms with Crippen molar-refractivity contribution in [2.75, 3.05) is 12.0 Å². The predicted molar refractivity (Wildman–Crippen MR) is 74.3 cm³/mol. The standard InChI is InChI=1S/C11H16Cl2N2S/c1-16-6-5-9(15-14)7-8-3-2-4-10(12)11(8)13/h2-4,9,15H,5-7,14H2,1H3. The number of nitrogens with two attached hydrogens (primary N) is 1. The fraction of sp³-hybridized carbons (Fsp3) is 0.455. The maximum atomic E-state index is 6.12. The van der Waals surface area contributed by atoms with Crippen molar-refractivity contribution in [2.45, 2.75) is 18.9 Å². The van der Waals surface area contributed by atoms with Crippen molar-refractivity contribution in [1.82, 2.24) is 5.43 Å². The molecule has 0 fully saturated rings. The summed E-state index contributed by atoms with van der Waals surface area (Å²) in [6, 6.07) is 5.92. The summed E-state index contributed by atoms with van der Waals surface area (Å²) < 4.78 is 0. The van der Waals surface area contributed by atoms with Crippen LogP contribution in [0.2, 0.25) is 10.0 Å². The maximum Gasteiger partial charge on any atom is 0.0624 e. The summed E-state index contributed by atoms with van der Waals surface area (Å²) in [6.45, 7) is 0. The van der Waals surface area contributed by atoms with Gasteiger partial charge in [-0.05, 0) is 36.5 Å². The Hall–Kier alpha value is 0.0700. The molecule has 0 bridgehead atoms. The Morgan fingerprint density at radius 3 is 2.81 bits per heavy atom. The number of rotatable bonds is 6. The molecule has 1 atom stereocenters. The van der Waals surface area contributed by atoms with Crippen LogP contribution in [0.4, 0.5) is 0 Å². The molecule has 0 aliphatic carbocycles. The van der Waals surface area contributed by atoms with Gasteiger partial charge in [0, 0.05) is 6.04 Å². The van der Waals surface area contributed by atoms with Gasteiger partial charge in [0.15, 0.2) is 0 Å². The Bertz CT molecular complexity index is 334. The highest BCUT2D eigenvalue weighted by molar-refractivity contribution is 7.98. The van der Waals surface area contributed by atoms with E-state index in [1.807, 2.05) is 23.9 Å². The first-order chi connectivity index (χ1) is 7.69. The van der Waals surface area contributed by atoms with Crippen LogP contribution in [0, 0.1) is 0 Å². The minimum atomic E-state index is 0.239. The molecule has 0 heterocycles. The molecule has 2 nitrogen and oxygen atoms in total. The third kappa shape index (κ3) is 4.15. The molecule has 1 aromatic carbocycles. The normalized spacial score (nSPS) is 12.8. The van der Waals surface area contributed by atoms with Gasteiger partial charge >= 0.3 is 0 Å². The van der Waals surface area contributed by atoms with Crippen molar-refractivity contribution in [3.8, 4) is 0 Å². The number of hydrazine groups is 1. The lowest BCUT2D eigenvalue weighted by molar-refractivity contribution is 0.514. The van der Waals surface area contributed by atoms with E-state index in [-0.39, 0.29) is 6.04 Å². The summed E-state index contributed by atoms with van der Waals surface area (Å²) in [7, 11) is 0. The highest BCUT2D eigenvalue weighted by atomic mass is 35.5. The first-order valence-electron chi connectivity index (χ1n) is 5.07. The van der Waals surface area contributed by atoms with E-state index in [9.17, 15) is 0 Å². The molecule has 1 rings (SSSR count). The van der Waals surface area contributed by atoms with Crippen LogP contribution in [0.3, 0.4) is 0 Å². The van der Waals surface area contributed by atoms with E-state index >= 15 is 0 Å². The molecule has 0 spiro atoms. The monoisotopic (exact) mass is 278 g/mol. The molecule has 0 amide bonds. The first-order valence-corrected chi connectivity index (χ1v) is 7.22. The molecule has 3 N–H and O–H groups in total. The quantitative estimate of drug-likeness (QED) is 0.620. The van der Waals surface area contributed by atoms with Crippen molar-refractivity contribution in [2.24, 2.45) is 5.84 Å². The molecule has 0 saturated carbocycles. The van der Waals surface area contributed by atoms with Crippen molar-refractivity contribution in [3.05, 3.63) is 33.8 Å². The molecule has 0 saturated heterocycles. The van der Waals surface area contributed by atoms with Crippen molar-refractivity contribution in [1.29, 1.82) is 0 Å². The maximum absolute atomic E-state index is 6.12. The lowest BCUT2D eigenvalue weighted by Gasteiger charge is -2.16. The molecule has 1 aromatic rings. The fourth-order valence-corrected chi connectivity index (χ4v) is 2.39. The van der Waals surface area contributed by atoms with Gasteiger partial charge in [0.2, 0.25) is 0 Å². The summed E-state index contributed by atoms with van der Waals surface area (Å²) in [5.74, 6) is 6.59. The van der Waals surface area contributed by atoms with E-state index < -0.39 is 0 Å². The van der Waals surface area contributed by atoms with Crippen LogP contribution in [0.1, 0.15) is 12.0 Å². The highest BCUT2D eigenvalue weighted by Crippen LogP contribution is 2.26. The number of hydrogen-bond donors (Lipinski definition) is 2. The Morgan fingerprint density at radius 1 is 1.44 bits per heavy atom. The van der Waals surface area contributed by atoms with E-state index in [1.54, 1.807) is 6.07 Å². The topological polar surface area (TPSA) is 38.0 Å². The van der Waals surface area contributed by atoms with E-state index in [0.29, 0.717) is 10.0 Å². The number of halogens is 2. The molecule has 0 radical (unpaired) electrons. The number of benzene rings is 1. The zero-order chi connectivity index (χ0) is 12.0. The molecular formula is C11H16Cl2N2S. The third-order valence-electron chi connectivity index (χ3n) is 2.40. The van der Waals surface area contributed by atoms with E-state index in [2.05, 4.69) is 11.7 Å². The smallest absolute Gasteiger partial charge is 0.0624 e. The minimum Gasteiger partial charge on any atom is -0.271 e. The summed E-state index contributed by atoms with van der Waals surface area (Å²) in [5, 5.41) is 1.23. The minimum absolute atomic E-state index is 0.239. The zero-order valence-electron chi connectivity index (χ0n) is 9.17. The van der Waals surface area contributed by atoms with Crippen LogP contribution in [0.5, 0.6) is 0 Å². The summed E-state index contributed by atoms with van der Waals surface area (Å²) >= 11 is 13.9. The van der Waals surface area contributed by atoms with Gasteiger partial charge in [0.1, 0.15) is 0 Å². The SMILES string of the molecule is CSCCC(Cc1cccc(Cl)c1Cl)NN. The second kappa shape index (κ2) is 7.41. The van der Waals surface area contributed by atoms with E-state index in [1.165, 1.54) is 0 Å². The van der Waals surface area contributed by atoms with Crippen LogP contribution < -0.4 is 11.3 Å². The van der Waals surface area contributed by atoms with Crippen molar-refractivity contribution >= 4 is 35.0 Å². The third-order valence-corrected chi connectivity index (χ3v) is 3.91. The number of thioether (sulfide) groups is 1. The second-order valence-corrected chi connectivity index (χ2v) is 5.33. The Morgan fingerprint density at radius 2 is 2.19 bits per heavy atom. The fourth-order valence-electron chi connectivity index (χ4n) is 1.48. The lowest BCUT2D eigenvalue weighted by Crippen LogP contribution is -2.37. The van der Waals surface area contributed by atoms with Gasteiger partial charge in [-0.1, -0.05) is 35.3 Å². The van der Waals surface area contributed by atoms with E-state index in [4.69, 9.17) is 29.0 Å². The predicted octanol–water partition coefficient (Wildman–Crippen LogP) is 3.12. The molecule has 16 heavy (non-hydrogen) atoms. The molecule has 5 heteroatoms. The second-order valence-electron chi connectivity index (χ2n) is 3.56. The van der Waals surface area contributed by atoms with Gasteiger partial charge in [0.25, 0.3) is 0 Å². The van der Waals surface area contributed by atoms with Crippen LogP contribution in [0.15, 0.2) is 18.2 Å². The summed E-state index contributed by atoms with van der Waals surface area (Å²) in [4.78, 5) is 0. The highest BCUT2D eigenvalue weighted by Gasteiger charge is 2.11. The summed E-state index contributed by atoms with van der Waals surface area (Å²) in [6.07, 6.45) is 3.90. The van der Waals surface area contributed by atoms with Crippen molar-refractivity contribution < 1.29 is 0 Å². The van der Waals surface area contributed by atoms with Gasteiger partial charge in [-0.15, -0.1) is 0 Å². The molecule has 0 aliphatic heterocycles. The number of nitrogens with one attached hydrogen (secondary N) is 1. The largest absolute Gasteiger partial charge is 0.271 e. The van der Waals surface area contributed by atoms with Crippen LogP contribution in [-0.4, -0.2) is 18.1 Å². The average Bonchev–Trinajstić information content (AvgIpc) is 2.30. The Kier molecular flexibility index (Phi) is 6.54. The average molecular weight is 279 g/mol. The Balaban J connectivity index is 2.66. The van der Waals surface area contributed by atoms with Gasteiger partial charge in [-0.2, -0.15) is 11.8 Å². The summed E-state index contributed by atoms with van der Waals surface area (Å²) in [5.41, 5.74) is 3.86. The van der Waals surface area contributed by atoms with Gasteiger partial charge in [-0.25, -0.2) is 0 Å². The van der Waals surface area contributed by atoms with Gasteiger partial charge in [0.05, 0.1) is 10.0 Å². The van der Waals surface area contributed by atoms with Gasteiger partial charge < -0.3 is 0 Å². The van der Waals surface area contributed by atoms with Crippen molar-refractivity contribution in [3.63, 3.8) is 0 Å². The number of hydrogen-bond acceptors (Lipinski definition) is 3. The molecular weight excluding hydrogens is 263 g/mol. The van der Waals surface area contributed by atoms with Gasteiger partial charge in [-0.3, -0.25) is 11.3 Å². The van der Waals surface area contributed by atoms with E-state index in [0.717, 1.165) is 24.2 Å². The zero-order valence-corrected chi connectivity index (χ0v) is 11.5. The molecule has 1 unspecified atom stereocenters. The molecule has 0 aromatic heterocycles. The first kappa shape index (κ1) is 14.1. The lowest BCUT2D eigenvalue weighted by atomic mass is 10.0. The van der Waals surface area contributed by atoms with Crippen LogP contribution in [-0.2, 0) is 6.42 Å². The van der Waals surface area contributed by atoms with Crippen LogP contribution in [0.25, 0.3) is 0 Å².